The summed E-state index contributed by atoms with van der Waals surface area (Å²) in [6.45, 7) is 7.91. The third-order valence-electron chi connectivity index (χ3n) is 8.82. The quantitative estimate of drug-likeness (QED) is 0.412. The molecule has 2 saturated heterocycles. The normalized spacial score (nSPS) is 20.6. The molecule has 0 saturated carbocycles. The second kappa shape index (κ2) is 12.3. The summed E-state index contributed by atoms with van der Waals surface area (Å²) >= 11 is 0. The van der Waals surface area contributed by atoms with E-state index in [1.807, 2.05) is 30.0 Å². The van der Waals surface area contributed by atoms with Gasteiger partial charge in [-0.05, 0) is 55.7 Å². The van der Waals surface area contributed by atoms with Crippen LogP contribution in [0.5, 0.6) is 11.6 Å². The Morgan fingerprint density at radius 1 is 1.12 bits per heavy atom. The molecule has 0 amide bonds. The van der Waals surface area contributed by atoms with E-state index < -0.39 is 11.7 Å². The number of methoxy groups -OCH3 is 1. The molecule has 0 radical (unpaired) electrons. The number of morpholine rings is 1. The van der Waals surface area contributed by atoms with Crippen molar-refractivity contribution >= 4 is 5.69 Å². The van der Waals surface area contributed by atoms with Crippen molar-refractivity contribution in [3.8, 4) is 22.9 Å². The second-order valence-electron chi connectivity index (χ2n) is 11.5. The maximum atomic E-state index is 14.2. The van der Waals surface area contributed by atoms with Crippen molar-refractivity contribution in [2.24, 2.45) is 0 Å². The molecule has 3 aliphatic heterocycles. The van der Waals surface area contributed by atoms with Crippen LogP contribution in [0.4, 0.5) is 18.9 Å². The number of halogens is 3. The molecule has 0 aliphatic carbocycles. The van der Waals surface area contributed by atoms with Gasteiger partial charge in [-0.25, -0.2) is 4.98 Å². The van der Waals surface area contributed by atoms with E-state index in [0.717, 1.165) is 36.6 Å². The summed E-state index contributed by atoms with van der Waals surface area (Å²) in [5.41, 5.74) is 3.05. The van der Waals surface area contributed by atoms with Gasteiger partial charge in [0.25, 0.3) is 0 Å². The first-order chi connectivity index (χ1) is 20.8. The van der Waals surface area contributed by atoms with Crippen LogP contribution in [0.1, 0.15) is 36.6 Å². The molecule has 1 N–H and O–H groups in total. The minimum absolute atomic E-state index is 0.153. The summed E-state index contributed by atoms with van der Waals surface area (Å²) in [6, 6.07) is 12.8. The Bertz CT molecular complexity index is 1420. The number of hydrogen-bond donors (Lipinski definition) is 1. The van der Waals surface area contributed by atoms with Crippen LogP contribution in [0.2, 0.25) is 0 Å². The zero-order valence-electron chi connectivity index (χ0n) is 24.6. The number of rotatable bonds is 7. The average molecular weight is 598 g/mol. The van der Waals surface area contributed by atoms with Gasteiger partial charge < -0.3 is 24.4 Å². The van der Waals surface area contributed by atoms with E-state index in [4.69, 9.17) is 19.2 Å². The number of ether oxygens (including phenoxy) is 3. The van der Waals surface area contributed by atoms with E-state index in [-0.39, 0.29) is 22.9 Å². The predicted molar refractivity (Wildman–Crippen MR) is 158 cm³/mol. The summed E-state index contributed by atoms with van der Waals surface area (Å²) in [6.07, 6.45) is -1.40. The number of pyridine rings is 2. The van der Waals surface area contributed by atoms with Crippen LogP contribution < -0.4 is 19.7 Å². The molecule has 1 unspecified atom stereocenters. The van der Waals surface area contributed by atoms with Crippen molar-refractivity contribution in [2.45, 2.75) is 43.9 Å². The first-order valence-corrected chi connectivity index (χ1v) is 14.9. The summed E-state index contributed by atoms with van der Waals surface area (Å²) in [5, 5.41) is 3.56. The Kier molecular flexibility index (Phi) is 8.48. The van der Waals surface area contributed by atoms with Gasteiger partial charge in [0.2, 0.25) is 5.88 Å². The van der Waals surface area contributed by atoms with Crippen LogP contribution in [-0.2, 0) is 22.9 Å². The van der Waals surface area contributed by atoms with E-state index in [2.05, 4.69) is 21.3 Å². The highest BCUT2D eigenvalue weighted by Crippen LogP contribution is 2.47. The molecule has 11 heteroatoms. The maximum Gasteiger partial charge on any atom is 0.421 e. The summed E-state index contributed by atoms with van der Waals surface area (Å²) in [4.78, 5) is 13.9. The van der Waals surface area contributed by atoms with E-state index in [1.165, 1.54) is 18.7 Å². The predicted octanol–water partition coefficient (Wildman–Crippen LogP) is 4.91. The number of aromatic nitrogens is 2. The molecule has 230 valence electrons. The third-order valence-corrected chi connectivity index (χ3v) is 8.82. The minimum atomic E-state index is -4.52. The molecule has 2 fully saturated rings. The topological polar surface area (TPSA) is 72.0 Å². The van der Waals surface area contributed by atoms with Gasteiger partial charge in [0.15, 0.2) is 0 Å². The zero-order valence-corrected chi connectivity index (χ0v) is 24.6. The number of alkyl halides is 3. The van der Waals surface area contributed by atoms with Gasteiger partial charge in [-0.1, -0.05) is 12.1 Å². The molecule has 43 heavy (non-hydrogen) atoms. The SMILES string of the molecule is CCOc1ncccc1-c1ccc2c(n1)CN(CC1COCCN1)CC21CCN(c2cccc(OC)c2C(F)(F)F)CC1. The number of nitrogens with zero attached hydrogens (tertiary/aromatic N) is 4. The van der Waals surface area contributed by atoms with Gasteiger partial charge in [0, 0.05) is 56.9 Å². The molecule has 0 bridgehead atoms. The molecule has 1 spiro atoms. The Hall–Kier alpha value is -3.41. The smallest absolute Gasteiger partial charge is 0.421 e. The standard InChI is InChI=1S/C32H38F3N5O3/c1-3-43-30-23(6-5-13-37-30)25-10-9-24-26(38-25)19-39(18-22-20-42-17-14-36-22)21-31(24)11-15-40(16-12-31)27-7-4-8-28(41-2)29(27)32(33,34)35/h4-10,13,22,36H,3,11-12,14-21H2,1-2H3. The Labute approximate surface area is 250 Å². The Morgan fingerprint density at radius 3 is 2.67 bits per heavy atom. The highest BCUT2D eigenvalue weighted by molar-refractivity contribution is 5.66. The van der Waals surface area contributed by atoms with Crippen molar-refractivity contribution < 1.29 is 27.4 Å². The van der Waals surface area contributed by atoms with E-state index in [1.54, 1.807) is 18.3 Å². The first kappa shape index (κ1) is 29.7. The summed E-state index contributed by atoms with van der Waals surface area (Å²) in [5.74, 6) is 0.399. The number of hydrogen-bond acceptors (Lipinski definition) is 8. The lowest BCUT2D eigenvalue weighted by molar-refractivity contribution is -0.138. The summed E-state index contributed by atoms with van der Waals surface area (Å²) < 4.78 is 59.2. The molecular weight excluding hydrogens is 559 g/mol. The highest BCUT2D eigenvalue weighted by Gasteiger charge is 2.45. The minimum Gasteiger partial charge on any atom is -0.496 e. The number of anilines is 1. The molecule has 6 rings (SSSR count). The number of piperidine rings is 1. The highest BCUT2D eigenvalue weighted by atomic mass is 19.4. The largest absolute Gasteiger partial charge is 0.496 e. The van der Waals surface area contributed by atoms with E-state index in [0.29, 0.717) is 58.2 Å². The Balaban J connectivity index is 1.33. The van der Waals surface area contributed by atoms with Crippen LogP contribution in [-0.4, -0.2) is 80.6 Å². The zero-order chi connectivity index (χ0) is 30.0. The lowest BCUT2D eigenvalue weighted by Crippen LogP contribution is -2.56. The van der Waals surface area contributed by atoms with Crippen LogP contribution in [0.15, 0.2) is 48.7 Å². The molecule has 1 atom stereocenters. The molecule has 3 aliphatic rings. The monoisotopic (exact) mass is 597 g/mol. The number of benzene rings is 1. The van der Waals surface area contributed by atoms with Gasteiger partial charge in [0.05, 0.1) is 49.6 Å². The maximum absolute atomic E-state index is 14.2. The fourth-order valence-corrected chi connectivity index (χ4v) is 6.89. The van der Waals surface area contributed by atoms with E-state index >= 15 is 0 Å². The van der Waals surface area contributed by atoms with Gasteiger partial charge in [-0.15, -0.1) is 0 Å². The van der Waals surface area contributed by atoms with Crippen molar-refractivity contribution in [1.29, 1.82) is 0 Å². The van der Waals surface area contributed by atoms with E-state index in [9.17, 15) is 13.2 Å². The van der Waals surface area contributed by atoms with Gasteiger partial charge in [0.1, 0.15) is 11.3 Å². The lowest BCUT2D eigenvalue weighted by atomic mass is 9.69. The van der Waals surface area contributed by atoms with Crippen LogP contribution in [0.25, 0.3) is 11.3 Å². The fraction of sp³-hybridized carbons (Fsp3) is 0.500. The average Bonchev–Trinajstić information content (AvgIpc) is 3.01. The molecule has 2 aromatic heterocycles. The van der Waals surface area contributed by atoms with Crippen molar-refractivity contribution in [2.75, 3.05) is 64.6 Å². The van der Waals surface area contributed by atoms with Crippen molar-refractivity contribution in [3.05, 3.63) is 65.5 Å². The van der Waals surface area contributed by atoms with Crippen molar-refractivity contribution in [3.63, 3.8) is 0 Å². The number of nitrogens with one attached hydrogen (secondary N) is 1. The van der Waals surface area contributed by atoms with Gasteiger partial charge in [-0.3, -0.25) is 9.88 Å². The third kappa shape index (κ3) is 6.03. The van der Waals surface area contributed by atoms with Crippen LogP contribution in [0, 0.1) is 0 Å². The number of fused-ring (bicyclic) bond motifs is 2. The van der Waals surface area contributed by atoms with Gasteiger partial charge >= 0.3 is 6.18 Å². The summed E-state index contributed by atoms with van der Waals surface area (Å²) in [7, 11) is 1.28. The van der Waals surface area contributed by atoms with Crippen LogP contribution in [0.3, 0.4) is 0 Å². The molecule has 5 heterocycles. The molecule has 8 nitrogen and oxygen atoms in total. The van der Waals surface area contributed by atoms with Crippen LogP contribution >= 0.6 is 0 Å². The van der Waals surface area contributed by atoms with Gasteiger partial charge in [-0.2, -0.15) is 13.2 Å². The molecule has 3 aromatic rings. The Morgan fingerprint density at radius 2 is 1.95 bits per heavy atom. The first-order valence-electron chi connectivity index (χ1n) is 14.9. The second-order valence-corrected chi connectivity index (χ2v) is 11.5. The lowest BCUT2D eigenvalue weighted by Gasteiger charge is -2.49. The van der Waals surface area contributed by atoms with Crippen molar-refractivity contribution in [1.82, 2.24) is 20.2 Å². The molecule has 1 aromatic carbocycles. The fourth-order valence-electron chi connectivity index (χ4n) is 6.89. The molecular formula is C32H38F3N5O3.